The third kappa shape index (κ3) is 3.84. The van der Waals surface area contributed by atoms with Crippen LogP contribution in [0.25, 0.3) is 0 Å². The Hall–Kier alpha value is -2.11. The van der Waals surface area contributed by atoms with E-state index in [1.807, 2.05) is 6.07 Å². The largest absolute Gasteiger partial charge is 0.402 e. The van der Waals surface area contributed by atoms with E-state index in [9.17, 15) is 12.8 Å². The van der Waals surface area contributed by atoms with Crippen LogP contribution in [-0.2, 0) is 15.6 Å². The Morgan fingerprint density at radius 3 is 2.46 bits per heavy atom. The topological polar surface area (TPSA) is 60.2 Å². The van der Waals surface area contributed by atoms with Crippen LogP contribution in [-0.4, -0.2) is 14.2 Å². The van der Waals surface area contributed by atoms with Gasteiger partial charge in [-0.25, -0.2) is 12.8 Å². The zero-order valence-electron chi connectivity index (χ0n) is 14.1. The summed E-state index contributed by atoms with van der Waals surface area (Å²) in [4.78, 5) is 0. The molecule has 6 heteroatoms. The maximum atomic E-state index is 14.3. The van der Waals surface area contributed by atoms with E-state index in [1.165, 1.54) is 12.1 Å². The molecule has 0 bridgehead atoms. The lowest BCUT2D eigenvalue weighted by atomic mass is 9.91. The quantitative estimate of drug-likeness (QED) is 0.824. The Balaban J connectivity index is 1.83. The number of sulfone groups is 1. The van der Waals surface area contributed by atoms with Gasteiger partial charge in [-0.3, -0.25) is 0 Å². The first kappa shape index (κ1) is 18.7. The van der Waals surface area contributed by atoms with E-state index in [-0.39, 0.29) is 16.5 Å². The molecule has 136 valence electrons. The van der Waals surface area contributed by atoms with Gasteiger partial charge in [0.15, 0.2) is 9.84 Å². The molecule has 2 aromatic carbocycles. The number of hydrogen-bond acceptors (Lipinski definition) is 3. The lowest BCUT2D eigenvalue weighted by Crippen LogP contribution is -2.14. The molecule has 2 aromatic rings. The van der Waals surface area contributed by atoms with Gasteiger partial charge in [0.25, 0.3) is 0 Å². The molecule has 1 atom stereocenters. The van der Waals surface area contributed by atoms with Crippen molar-refractivity contribution in [2.24, 2.45) is 5.73 Å². The average molecular weight is 392 g/mol. The van der Waals surface area contributed by atoms with Gasteiger partial charge in [-0.1, -0.05) is 54.6 Å². The van der Waals surface area contributed by atoms with Gasteiger partial charge >= 0.3 is 0 Å². The van der Waals surface area contributed by atoms with E-state index < -0.39 is 21.6 Å². The van der Waals surface area contributed by atoms with Gasteiger partial charge in [-0.05, 0) is 35.3 Å². The van der Waals surface area contributed by atoms with Crippen molar-refractivity contribution in [1.29, 1.82) is 0 Å². The van der Waals surface area contributed by atoms with Crippen molar-refractivity contribution in [3.63, 3.8) is 0 Å². The molecule has 0 radical (unpaired) electrons. The molecule has 0 fully saturated rings. The van der Waals surface area contributed by atoms with Crippen molar-refractivity contribution in [1.82, 2.24) is 0 Å². The van der Waals surface area contributed by atoms with Crippen LogP contribution >= 0.6 is 11.6 Å². The fraction of sp³-hybridized carbons (Fsp3) is 0.200. The summed E-state index contributed by atoms with van der Waals surface area (Å²) in [6.45, 7) is 3.99. The first-order valence-corrected chi connectivity index (χ1v) is 10.3. The Kier molecular flexibility index (Phi) is 5.21. The van der Waals surface area contributed by atoms with Crippen LogP contribution in [0.5, 0.6) is 0 Å². The molecular formula is C20H19ClFNO2S. The first-order chi connectivity index (χ1) is 12.3. The van der Waals surface area contributed by atoms with Gasteiger partial charge in [0.05, 0.1) is 11.5 Å². The minimum Gasteiger partial charge on any atom is -0.402 e. The van der Waals surface area contributed by atoms with E-state index >= 15 is 0 Å². The highest BCUT2D eigenvalue weighted by molar-refractivity contribution is 7.90. The zero-order valence-corrected chi connectivity index (χ0v) is 15.7. The van der Waals surface area contributed by atoms with Crippen molar-refractivity contribution in [3.05, 3.63) is 93.9 Å². The summed E-state index contributed by atoms with van der Waals surface area (Å²) in [7, 11) is -3.44. The molecule has 0 aliphatic heterocycles. The van der Waals surface area contributed by atoms with Gasteiger partial charge < -0.3 is 5.73 Å². The highest BCUT2D eigenvalue weighted by Gasteiger charge is 2.33. The maximum absolute atomic E-state index is 14.3. The predicted octanol–water partition coefficient (Wildman–Crippen LogP) is 4.35. The van der Waals surface area contributed by atoms with Crippen molar-refractivity contribution < 1.29 is 12.8 Å². The summed E-state index contributed by atoms with van der Waals surface area (Å²) in [5.41, 5.74) is 8.54. The van der Waals surface area contributed by atoms with Crippen LogP contribution in [0.15, 0.2) is 72.0 Å². The summed E-state index contributed by atoms with van der Waals surface area (Å²) in [6.07, 6.45) is 0.315. The smallest absolute Gasteiger partial charge is 0.158 e. The first-order valence-electron chi connectivity index (χ1n) is 8.13. The molecule has 0 spiro atoms. The highest BCUT2D eigenvalue weighted by Crippen LogP contribution is 2.44. The molecule has 0 saturated carbocycles. The van der Waals surface area contributed by atoms with Gasteiger partial charge in [0, 0.05) is 22.2 Å². The molecule has 2 N–H and O–H groups in total. The zero-order chi connectivity index (χ0) is 18.9. The van der Waals surface area contributed by atoms with E-state index in [2.05, 4.69) is 6.58 Å². The van der Waals surface area contributed by atoms with E-state index in [0.717, 1.165) is 0 Å². The fourth-order valence-corrected chi connectivity index (χ4v) is 5.19. The molecule has 1 aliphatic rings. The third-order valence-corrected chi connectivity index (χ3v) is 6.39. The number of allylic oxidation sites excluding steroid dienone is 2. The second kappa shape index (κ2) is 7.25. The second-order valence-corrected chi connectivity index (χ2v) is 8.91. The number of nitrogens with two attached hydrogens (primary N) is 1. The number of rotatable bonds is 5. The lowest BCUT2D eigenvalue weighted by Gasteiger charge is -2.16. The Morgan fingerprint density at radius 1 is 1.12 bits per heavy atom. The normalized spacial score (nSPS) is 17.8. The SMILES string of the molecule is C=C1C(CS(=O)(=O)Cc2ccccc2)=C(N)CC1c1c(F)cccc1Cl. The maximum Gasteiger partial charge on any atom is 0.158 e. The Bertz CT molecular complexity index is 964. The Morgan fingerprint density at radius 2 is 1.81 bits per heavy atom. The van der Waals surface area contributed by atoms with Crippen LogP contribution < -0.4 is 5.73 Å². The molecular weight excluding hydrogens is 373 g/mol. The standard InChI is InChI=1S/C20H19ClFNO2S/c1-13-15(20-17(21)8-5-9-18(20)22)10-19(23)16(13)12-26(24,25)11-14-6-3-2-4-7-14/h2-9,15H,1,10-12,23H2. The second-order valence-electron chi connectivity index (χ2n) is 6.44. The number of hydrogen-bond donors (Lipinski definition) is 1. The predicted molar refractivity (Wildman–Crippen MR) is 103 cm³/mol. The molecule has 0 saturated heterocycles. The van der Waals surface area contributed by atoms with Gasteiger partial charge in [0.1, 0.15) is 5.82 Å². The van der Waals surface area contributed by atoms with Gasteiger partial charge in [-0.2, -0.15) is 0 Å². The summed E-state index contributed by atoms with van der Waals surface area (Å²) in [5, 5.41) is 0.289. The van der Waals surface area contributed by atoms with Crippen LogP contribution in [0.2, 0.25) is 5.02 Å². The molecule has 0 amide bonds. The van der Waals surface area contributed by atoms with Crippen molar-refractivity contribution in [3.8, 4) is 0 Å². The number of halogens is 2. The van der Waals surface area contributed by atoms with E-state index in [1.54, 1.807) is 30.3 Å². The molecule has 3 rings (SSSR count). The van der Waals surface area contributed by atoms with E-state index in [4.69, 9.17) is 17.3 Å². The molecule has 26 heavy (non-hydrogen) atoms. The van der Waals surface area contributed by atoms with E-state index in [0.29, 0.717) is 34.4 Å². The average Bonchev–Trinajstić information content (AvgIpc) is 2.83. The lowest BCUT2D eigenvalue weighted by molar-refractivity contribution is 0.597. The highest BCUT2D eigenvalue weighted by atomic mass is 35.5. The van der Waals surface area contributed by atoms with Crippen LogP contribution in [0.3, 0.4) is 0 Å². The molecule has 0 heterocycles. The third-order valence-electron chi connectivity index (χ3n) is 4.56. The van der Waals surface area contributed by atoms with Crippen LogP contribution in [0.1, 0.15) is 23.5 Å². The minimum atomic E-state index is -3.44. The number of benzene rings is 2. The van der Waals surface area contributed by atoms with Gasteiger partial charge in [-0.15, -0.1) is 0 Å². The van der Waals surface area contributed by atoms with Crippen LogP contribution in [0.4, 0.5) is 4.39 Å². The minimum absolute atomic E-state index is 0.0803. The summed E-state index contributed by atoms with van der Waals surface area (Å²) >= 11 is 6.15. The summed E-state index contributed by atoms with van der Waals surface area (Å²) in [6, 6.07) is 13.4. The van der Waals surface area contributed by atoms with Gasteiger partial charge in [0.2, 0.25) is 0 Å². The molecule has 0 aromatic heterocycles. The fourth-order valence-electron chi connectivity index (χ4n) is 3.29. The monoisotopic (exact) mass is 391 g/mol. The van der Waals surface area contributed by atoms with Crippen molar-refractivity contribution in [2.75, 3.05) is 5.75 Å². The summed E-state index contributed by atoms with van der Waals surface area (Å²) < 4.78 is 39.4. The molecule has 1 aliphatic carbocycles. The van der Waals surface area contributed by atoms with Crippen molar-refractivity contribution >= 4 is 21.4 Å². The molecule has 3 nitrogen and oxygen atoms in total. The molecule has 1 unspecified atom stereocenters. The Labute approximate surface area is 157 Å². The van der Waals surface area contributed by atoms with Crippen molar-refractivity contribution in [2.45, 2.75) is 18.1 Å². The summed E-state index contributed by atoms with van der Waals surface area (Å²) in [5.74, 6) is -1.17. The van der Waals surface area contributed by atoms with Crippen LogP contribution in [0, 0.1) is 5.82 Å².